The number of Topliss-reactive ketones (excluding diaryl/α,β-unsaturated/α-hetero) is 1. The summed E-state index contributed by atoms with van der Waals surface area (Å²) in [6, 6.07) is 9.78. The van der Waals surface area contributed by atoms with E-state index in [1.165, 1.54) is 0 Å². The van der Waals surface area contributed by atoms with Gasteiger partial charge in [0.1, 0.15) is 5.78 Å². The molecule has 0 N–H and O–H groups in total. The largest absolute Gasteiger partial charge is 0.384 e. The van der Waals surface area contributed by atoms with Crippen LogP contribution >= 0.6 is 0 Å². The fourth-order valence-corrected chi connectivity index (χ4v) is 1.47. The Morgan fingerprint density at radius 3 is 2.50 bits per heavy atom. The highest BCUT2D eigenvalue weighted by molar-refractivity contribution is 5.85. The molecule has 1 aromatic rings. The molecule has 0 heterocycles. The molecule has 1 aromatic carbocycles. The van der Waals surface area contributed by atoms with E-state index in [1.807, 2.05) is 37.3 Å². The van der Waals surface area contributed by atoms with Gasteiger partial charge in [0.2, 0.25) is 0 Å². The highest BCUT2D eigenvalue weighted by Crippen LogP contribution is 2.18. The number of hydrogen-bond acceptors (Lipinski definition) is 2. The number of ketones is 1. The molecule has 0 aliphatic heterocycles. The first kappa shape index (κ1) is 10.9. The number of carbonyl (C=O) groups is 1. The van der Waals surface area contributed by atoms with E-state index in [2.05, 4.69) is 0 Å². The highest BCUT2D eigenvalue weighted by atomic mass is 16.5. The van der Waals surface area contributed by atoms with Gasteiger partial charge in [-0.3, -0.25) is 4.79 Å². The second kappa shape index (κ2) is 5.55. The van der Waals surface area contributed by atoms with E-state index in [0.29, 0.717) is 13.0 Å². The maximum atomic E-state index is 11.6. The Labute approximate surface area is 84.9 Å². The zero-order valence-electron chi connectivity index (χ0n) is 8.69. The molecule has 14 heavy (non-hydrogen) atoms. The summed E-state index contributed by atoms with van der Waals surface area (Å²) in [6.45, 7) is 2.35. The van der Waals surface area contributed by atoms with Crippen molar-refractivity contribution in [1.29, 1.82) is 0 Å². The van der Waals surface area contributed by atoms with Crippen LogP contribution in [0.1, 0.15) is 24.8 Å². The molecule has 1 unspecified atom stereocenters. The minimum atomic E-state index is -0.105. The Kier molecular flexibility index (Phi) is 4.33. The summed E-state index contributed by atoms with van der Waals surface area (Å²) in [5.74, 6) is 0.129. The SMILES string of the molecule is CCC(=O)C(COC)c1ccccc1. The van der Waals surface area contributed by atoms with Crippen molar-refractivity contribution in [2.24, 2.45) is 0 Å². The molecular formula is C12H16O2. The molecule has 2 nitrogen and oxygen atoms in total. The fourth-order valence-electron chi connectivity index (χ4n) is 1.47. The van der Waals surface area contributed by atoms with E-state index in [0.717, 1.165) is 5.56 Å². The number of methoxy groups -OCH3 is 1. The molecule has 0 spiro atoms. The molecular weight excluding hydrogens is 176 g/mol. The van der Waals surface area contributed by atoms with Crippen molar-refractivity contribution in [3.63, 3.8) is 0 Å². The zero-order chi connectivity index (χ0) is 10.4. The van der Waals surface area contributed by atoms with Crippen LogP contribution in [0.15, 0.2) is 30.3 Å². The van der Waals surface area contributed by atoms with Gasteiger partial charge in [-0.05, 0) is 5.56 Å². The van der Waals surface area contributed by atoms with Gasteiger partial charge in [-0.15, -0.1) is 0 Å². The first-order valence-corrected chi connectivity index (χ1v) is 4.86. The summed E-state index contributed by atoms with van der Waals surface area (Å²) in [7, 11) is 1.62. The van der Waals surface area contributed by atoms with E-state index < -0.39 is 0 Å². The Morgan fingerprint density at radius 1 is 1.36 bits per heavy atom. The van der Waals surface area contributed by atoms with Crippen LogP contribution in [0.25, 0.3) is 0 Å². The van der Waals surface area contributed by atoms with Crippen molar-refractivity contribution in [1.82, 2.24) is 0 Å². The van der Waals surface area contributed by atoms with Crippen LogP contribution in [0.2, 0.25) is 0 Å². The molecule has 0 saturated carbocycles. The normalized spacial score (nSPS) is 12.4. The average molecular weight is 192 g/mol. The molecule has 0 saturated heterocycles. The quantitative estimate of drug-likeness (QED) is 0.716. The van der Waals surface area contributed by atoms with Crippen LogP contribution in [0.5, 0.6) is 0 Å². The summed E-state index contributed by atoms with van der Waals surface area (Å²) in [5, 5.41) is 0. The summed E-state index contributed by atoms with van der Waals surface area (Å²) < 4.78 is 5.06. The smallest absolute Gasteiger partial charge is 0.142 e. The minimum absolute atomic E-state index is 0.105. The molecule has 0 radical (unpaired) electrons. The zero-order valence-corrected chi connectivity index (χ0v) is 8.69. The van der Waals surface area contributed by atoms with Crippen LogP contribution in [0, 0.1) is 0 Å². The van der Waals surface area contributed by atoms with Gasteiger partial charge in [-0.2, -0.15) is 0 Å². The van der Waals surface area contributed by atoms with Gasteiger partial charge in [-0.1, -0.05) is 37.3 Å². The van der Waals surface area contributed by atoms with Gasteiger partial charge in [-0.25, -0.2) is 0 Å². The lowest BCUT2D eigenvalue weighted by Gasteiger charge is -2.13. The third kappa shape index (κ3) is 2.67. The molecule has 0 amide bonds. The van der Waals surface area contributed by atoms with Crippen LogP contribution < -0.4 is 0 Å². The topological polar surface area (TPSA) is 26.3 Å². The number of carbonyl (C=O) groups excluding carboxylic acids is 1. The Balaban J connectivity index is 2.83. The third-order valence-corrected chi connectivity index (χ3v) is 2.27. The predicted octanol–water partition coefficient (Wildman–Crippen LogP) is 2.40. The Bertz CT molecular complexity index is 280. The van der Waals surface area contributed by atoms with Gasteiger partial charge in [0.05, 0.1) is 12.5 Å². The molecule has 0 bridgehead atoms. The molecule has 2 heteroatoms. The third-order valence-electron chi connectivity index (χ3n) is 2.27. The first-order valence-electron chi connectivity index (χ1n) is 4.86. The van der Waals surface area contributed by atoms with Gasteiger partial charge < -0.3 is 4.74 Å². The van der Waals surface area contributed by atoms with Crippen LogP contribution in [0.3, 0.4) is 0 Å². The van der Waals surface area contributed by atoms with Crippen LogP contribution in [0.4, 0.5) is 0 Å². The van der Waals surface area contributed by atoms with Crippen molar-refractivity contribution in [3.05, 3.63) is 35.9 Å². The lowest BCUT2D eigenvalue weighted by atomic mass is 9.94. The van der Waals surface area contributed by atoms with Crippen LogP contribution in [-0.4, -0.2) is 19.5 Å². The van der Waals surface area contributed by atoms with Crippen molar-refractivity contribution in [2.45, 2.75) is 19.3 Å². The molecule has 1 atom stereocenters. The maximum absolute atomic E-state index is 11.6. The summed E-state index contributed by atoms with van der Waals surface area (Å²) in [4.78, 5) is 11.6. The second-order valence-electron chi connectivity index (χ2n) is 3.24. The maximum Gasteiger partial charge on any atom is 0.142 e. The molecule has 0 aliphatic carbocycles. The van der Waals surface area contributed by atoms with Gasteiger partial charge in [0.25, 0.3) is 0 Å². The van der Waals surface area contributed by atoms with Crippen molar-refractivity contribution >= 4 is 5.78 Å². The molecule has 1 rings (SSSR count). The first-order chi connectivity index (χ1) is 6.79. The van der Waals surface area contributed by atoms with Crippen molar-refractivity contribution in [2.75, 3.05) is 13.7 Å². The number of rotatable bonds is 5. The second-order valence-corrected chi connectivity index (χ2v) is 3.24. The number of benzene rings is 1. The lowest BCUT2D eigenvalue weighted by molar-refractivity contribution is -0.121. The fraction of sp³-hybridized carbons (Fsp3) is 0.417. The van der Waals surface area contributed by atoms with Gasteiger partial charge >= 0.3 is 0 Å². The van der Waals surface area contributed by atoms with Crippen LogP contribution in [-0.2, 0) is 9.53 Å². The van der Waals surface area contributed by atoms with E-state index >= 15 is 0 Å². The molecule has 0 aromatic heterocycles. The van der Waals surface area contributed by atoms with Crippen molar-refractivity contribution in [3.8, 4) is 0 Å². The van der Waals surface area contributed by atoms with Gasteiger partial charge in [0.15, 0.2) is 0 Å². The van der Waals surface area contributed by atoms with E-state index in [4.69, 9.17) is 4.74 Å². The monoisotopic (exact) mass is 192 g/mol. The number of hydrogen-bond donors (Lipinski definition) is 0. The van der Waals surface area contributed by atoms with Gasteiger partial charge in [0, 0.05) is 13.5 Å². The van der Waals surface area contributed by atoms with Crippen molar-refractivity contribution < 1.29 is 9.53 Å². The summed E-state index contributed by atoms with van der Waals surface area (Å²) >= 11 is 0. The summed E-state index contributed by atoms with van der Waals surface area (Å²) in [5.41, 5.74) is 1.04. The van der Waals surface area contributed by atoms with E-state index in [9.17, 15) is 4.79 Å². The Morgan fingerprint density at radius 2 is 2.00 bits per heavy atom. The van der Waals surface area contributed by atoms with E-state index in [1.54, 1.807) is 7.11 Å². The average Bonchev–Trinajstić information content (AvgIpc) is 2.26. The predicted molar refractivity (Wildman–Crippen MR) is 56.4 cm³/mol. The number of ether oxygens (including phenoxy) is 1. The highest BCUT2D eigenvalue weighted by Gasteiger charge is 2.17. The molecule has 76 valence electrons. The molecule has 0 aliphatic rings. The lowest BCUT2D eigenvalue weighted by Crippen LogP contribution is -2.16. The molecule has 0 fully saturated rings. The summed E-state index contributed by atoms with van der Waals surface area (Å²) in [6.07, 6.45) is 0.558. The van der Waals surface area contributed by atoms with E-state index in [-0.39, 0.29) is 11.7 Å². The minimum Gasteiger partial charge on any atom is -0.384 e. The Hall–Kier alpha value is -1.15. The standard InChI is InChI=1S/C12H16O2/c1-3-12(13)11(9-14-2)10-7-5-4-6-8-10/h4-8,11H,3,9H2,1-2H3.